The Morgan fingerprint density at radius 2 is 1.74 bits per heavy atom. The van der Waals surface area contributed by atoms with Gasteiger partial charge < -0.3 is 29.0 Å². The Hall–Kier alpha value is -2.74. The fourth-order valence-electron chi connectivity index (χ4n) is 4.69. The van der Waals surface area contributed by atoms with Gasteiger partial charge in [-0.05, 0) is 67.2 Å². The number of halogens is 1. The van der Waals surface area contributed by atoms with Crippen molar-refractivity contribution in [1.82, 2.24) is 14.8 Å². The van der Waals surface area contributed by atoms with E-state index < -0.39 is 0 Å². The molecule has 2 aromatic carbocycles. The fraction of sp³-hybridized carbons (Fsp3) is 0.423. The van der Waals surface area contributed by atoms with Gasteiger partial charge in [0.25, 0.3) is 5.56 Å². The third-order valence-corrected chi connectivity index (χ3v) is 6.63. The van der Waals surface area contributed by atoms with Crippen LogP contribution in [0.1, 0.15) is 18.4 Å². The number of hydrogen-bond acceptors (Lipinski definition) is 6. The predicted octanol–water partition coefficient (Wildman–Crippen LogP) is 3.46. The number of piperidine rings is 1. The molecule has 1 N–H and O–H groups in total. The molecule has 34 heavy (non-hydrogen) atoms. The van der Waals surface area contributed by atoms with E-state index in [1.165, 1.54) is 5.56 Å². The number of methoxy groups -OCH3 is 1. The maximum absolute atomic E-state index is 12.5. The van der Waals surface area contributed by atoms with Gasteiger partial charge in [-0.25, -0.2) is 0 Å². The van der Waals surface area contributed by atoms with Crippen molar-refractivity contribution in [2.75, 3.05) is 40.0 Å². The van der Waals surface area contributed by atoms with Gasteiger partial charge in [-0.2, -0.15) is 0 Å². The summed E-state index contributed by atoms with van der Waals surface area (Å²) in [5.41, 5.74) is 2.18. The standard InChI is InChI=1S/C26H31N3O4.ClH/c1-31-22-5-3-20-4-7-26(30)29(23(20)17-22)13-12-28-10-8-21(9-11-28)27-18-19-2-6-24-25(16-19)33-15-14-32-24;/h2-7,16-17,21,27H,8-15,18H2,1H3;1H. The Morgan fingerprint density at radius 1 is 0.971 bits per heavy atom. The van der Waals surface area contributed by atoms with Crippen molar-refractivity contribution in [3.63, 3.8) is 0 Å². The normalized spacial score (nSPS) is 16.3. The lowest BCUT2D eigenvalue weighted by atomic mass is 10.0. The van der Waals surface area contributed by atoms with E-state index in [-0.39, 0.29) is 18.0 Å². The van der Waals surface area contributed by atoms with Crippen LogP contribution in [0.25, 0.3) is 10.9 Å². The number of pyridine rings is 1. The summed E-state index contributed by atoms with van der Waals surface area (Å²) in [4.78, 5) is 15.0. The van der Waals surface area contributed by atoms with Crippen LogP contribution in [0.15, 0.2) is 53.3 Å². The van der Waals surface area contributed by atoms with E-state index in [9.17, 15) is 4.79 Å². The van der Waals surface area contributed by atoms with Gasteiger partial charge in [-0.15, -0.1) is 12.4 Å². The van der Waals surface area contributed by atoms with Crippen molar-refractivity contribution in [1.29, 1.82) is 0 Å². The maximum Gasteiger partial charge on any atom is 0.251 e. The quantitative estimate of drug-likeness (QED) is 0.553. The van der Waals surface area contributed by atoms with E-state index in [0.717, 1.165) is 67.2 Å². The first-order valence-corrected chi connectivity index (χ1v) is 11.7. The van der Waals surface area contributed by atoms with Crippen molar-refractivity contribution >= 4 is 23.3 Å². The lowest BCUT2D eigenvalue weighted by Gasteiger charge is -2.32. The Labute approximate surface area is 206 Å². The van der Waals surface area contributed by atoms with Gasteiger partial charge in [-0.3, -0.25) is 4.79 Å². The third-order valence-electron chi connectivity index (χ3n) is 6.63. The molecule has 1 fully saturated rings. The van der Waals surface area contributed by atoms with E-state index in [4.69, 9.17) is 14.2 Å². The molecule has 0 bridgehead atoms. The summed E-state index contributed by atoms with van der Waals surface area (Å²) in [7, 11) is 1.65. The molecule has 3 aromatic rings. The highest BCUT2D eigenvalue weighted by Crippen LogP contribution is 2.30. The molecular formula is C26H32ClN3O4. The van der Waals surface area contributed by atoms with Crippen molar-refractivity contribution in [3.05, 3.63) is 64.4 Å². The van der Waals surface area contributed by atoms with Crippen LogP contribution in [0.2, 0.25) is 0 Å². The second-order valence-corrected chi connectivity index (χ2v) is 8.72. The summed E-state index contributed by atoms with van der Waals surface area (Å²) in [6.45, 7) is 5.66. The molecule has 0 amide bonds. The van der Waals surface area contributed by atoms with Crippen molar-refractivity contribution in [2.24, 2.45) is 0 Å². The van der Waals surface area contributed by atoms with Gasteiger partial charge in [0, 0.05) is 37.8 Å². The lowest BCUT2D eigenvalue weighted by molar-refractivity contribution is 0.171. The minimum Gasteiger partial charge on any atom is -0.497 e. The molecule has 0 saturated carbocycles. The fourth-order valence-corrected chi connectivity index (χ4v) is 4.69. The van der Waals surface area contributed by atoms with E-state index in [1.54, 1.807) is 13.2 Å². The van der Waals surface area contributed by atoms with Gasteiger partial charge in [0.1, 0.15) is 19.0 Å². The SMILES string of the molecule is COc1ccc2ccc(=O)n(CCN3CCC(NCc4ccc5c(c4)OCCO5)CC3)c2c1.Cl. The zero-order chi connectivity index (χ0) is 22.6. The highest BCUT2D eigenvalue weighted by molar-refractivity contribution is 5.85. The Bertz CT molecular complexity index is 1170. The lowest BCUT2D eigenvalue weighted by Crippen LogP contribution is -2.43. The van der Waals surface area contributed by atoms with E-state index >= 15 is 0 Å². The van der Waals surface area contributed by atoms with Crippen LogP contribution in [-0.2, 0) is 13.1 Å². The van der Waals surface area contributed by atoms with E-state index in [0.29, 0.717) is 25.8 Å². The monoisotopic (exact) mass is 485 g/mol. The minimum absolute atomic E-state index is 0. The zero-order valence-electron chi connectivity index (χ0n) is 19.5. The summed E-state index contributed by atoms with van der Waals surface area (Å²) in [5.74, 6) is 2.45. The minimum atomic E-state index is 0. The molecule has 5 rings (SSSR count). The number of nitrogens with zero attached hydrogens (tertiary/aromatic N) is 2. The zero-order valence-corrected chi connectivity index (χ0v) is 20.3. The van der Waals surface area contributed by atoms with E-state index in [2.05, 4.69) is 22.3 Å². The van der Waals surface area contributed by atoms with Crippen LogP contribution in [0, 0.1) is 0 Å². The smallest absolute Gasteiger partial charge is 0.251 e. The highest BCUT2D eigenvalue weighted by atomic mass is 35.5. The molecule has 3 heterocycles. The molecule has 2 aliphatic rings. The number of aromatic nitrogens is 1. The van der Waals surface area contributed by atoms with Crippen LogP contribution in [-0.4, -0.2) is 55.5 Å². The predicted molar refractivity (Wildman–Crippen MR) is 136 cm³/mol. The van der Waals surface area contributed by atoms with E-state index in [1.807, 2.05) is 34.9 Å². The summed E-state index contributed by atoms with van der Waals surface area (Å²) in [5, 5.41) is 4.75. The number of nitrogens with one attached hydrogen (secondary N) is 1. The molecule has 1 aromatic heterocycles. The second-order valence-electron chi connectivity index (χ2n) is 8.72. The summed E-state index contributed by atoms with van der Waals surface area (Å²) in [6.07, 6.45) is 2.20. The molecular weight excluding hydrogens is 454 g/mol. The van der Waals surface area contributed by atoms with Gasteiger partial charge in [-0.1, -0.05) is 6.07 Å². The Morgan fingerprint density at radius 3 is 2.53 bits per heavy atom. The first kappa shape index (κ1) is 24.4. The number of hydrogen-bond donors (Lipinski definition) is 1. The van der Waals surface area contributed by atoms with Crippen LogP contribution < -0.4 is 25.1 Å². The molecule has 182 valence electrons. The molecule has 0 aliphatic carbocycles. The molecule has 0 atom stereocenters. The number of fused-ring (bicyclic) bond motifs is 2. The third kappa shape index (κ3) is 5.49. The number of benzene rings is 2. The average molecular weight is 486 g/mol. The topological polar surface area (TPSA) is 65.0 Å². The van der Waals surface area contributed by atoms with Gasteiger partial charge >= 0.3 is 0 Å². The van der Waals surface area contributed by atoms with Crippen molar-refractivity contribution in [3.8, 4) is 17.2 Å². The van der Waals surface area contributed by atoms with Crippen molar-refractivity contribution in [2.45, 2.75) is 32.0 Å². The molecule has 0 radical (unpaired) electrons. The summed E-state index contributed by atoms with van der Waals surface area (Å²) >= 11 is 0. The highest BCUT2D eigenvalue weighted by Gasteiger charge is 2.19. The van der Waals surface area contributed by atoms with Crippen LogP contribution >= 0.6 is 12.4 Å². The molecule has 2 aliphatic heterocycles. The first-order valence-electron chi connectivity index (χ1n) is 11.7. The summed E-state index contributed by atoms with van der Waals surface area (Å²) < 4.78 is 18.5. The van der Waals surface area contributed by atoms with Gasteiger partial charge in [0.2, 0.25) is 0 Å². The van der Waals surface area contributed by atoms with Gasteiger partial charge in [0.15, 0.2) is 11.5 Å². The molecule has 0 spiro atoms. The largest absolute Gasteiger partial charge is 0.497 e. The second kappa shape index (κ2) is 11.1. The average Bonchev–Trinajstić information content (AvgIpc) is 2.87. The maximum atomic E-state index is 12.5. The summed E-state index contributed by atoms with van der Waals surface area (Å²) in [6, 6.07) is 16.1. The molecule has 7 nitrogen and oxygen atoms in total. The molecule has 8 heteroatoms. The molecule has 0 unspecified atom stereocenters. The number of ether oxygens (including phenoxy) is 3. The number of rotatable bonds is 7. The number of likely N-dealkylation sites (tertiary alicyclic amines) is 1. The van der Waals surface area contributed by atoms with Crippen LogP contribution in [0.5, 0.6) is 17.2 Å². The van der Waals surface area contributed by atoms with Crippen molar-refractivity contribution < 1.29 is 14.2 Å². The molecule has 1 saturated heterocycles. The first-order chi connectivity index (χ1) is 16.2. The van der Waals surface area contributed by atoms with Gasteiger partial charge in [0.05, 0.1) is 12.6 Å². The Balaban J connectivity index is 0.00000274. The van der Waals surface area contributed by atoms with Crippen LogP contribution in [0.3, 0.4) is 0 Å². The van der Waals surface area contributed by atoms with Crippen LogP contribution in [0.4, 0.5) is 0 Å². The Kier molecular flexibility index (Phi) is 7.98.